The van der Waals surface area contributed by atoms with Crippen LogP contribution in [0.5, 0.6) is 5.75 Å². The molecular formula is C30H23FN2O4. The number of Topliss-reactive ketones (excluding diaryl/α,β-unsaturated/α-hetero) is 1. The highest BCUT2D eigenvalue weighted by Crippen LogP contribution is 2.42. The van der Waals surface area contributed by atoms with E-state index in [2.05, 4.69) is 4.98 Å². The topological polar surface area (TPSA) is 79.7 Å². The van der Waals surface area contributed by atoms with Gasteiger partial charge >= 0.3 is 0 Å². The fourth-order valence-electron chi connectivity index (χ4n) is 4.34. The smallest absolute Gasteiger partial charge is 0.300 e. The number of aromatic nitrogens is 1. The van der Waals surface area contributed by atoms with Crippen LogP contribution >= 0.6 is 0 Å². The summed E-state index contributed by atoms with van der Waals surface area (Å²) in [5, 5.41) is 11.2. The number of rotatable bonds is 6. The Balaban J connectivity index is 1.53. The fourth-order valence-corrected chi connectivity index (χ4v) is 4.34. The van der Waals surface area contributed by atoms with Gasteiger partial charge in [-0.25, -0.2) is 4.39 Å². The Kier molecular flexibility index (Phi) is 6.51. The maximum atomic E-state index is 13.8. The van der Waals surface area contributed by atoms with Crippen molar-refractivity contribution in [1.29, 1.82) is 0 Å². The van der Waals surface area contributed by atoms with E-state index in [1.165, 1.54) is 23.1 Å². The normalized spacial score (nSPS) is 16.7. The number of halogens is 1. The molecule has 5 rings (SSSR count). The van der Waals surface area contributed by atoms with Gasteiger partial charge in [-0.2, -0.15) is 0 Å². The second-order valence-electron chi connectivity index (χ2n) is 8.69. The number of ether oxygens (including phenoxy) is 1. The summed E-state index contributed by atoms with van der Waals surface area (Å²) < 4.78 is 19.7. The Morgan fingerprint density at radius 1 is 1.00 bits per heavy atom. The third-order valence-electron chi connectivity index (χ3n) is 6.24. The number of aryl methyl sites for hydroxylation is 1. The van der Waals surface area contributed by atoms with Gasteiger partial charge in [0, 0.05) is 23.6 Å². The van der Waals surface area contributed by atoms with Crippen molar-refractivity contribution in [2.24, 2.45) is 0 Å². The van der Waals surface area contributed by atoms with Crippen molar-refractivity contribution in [3.63, 3.8) is 0 Å². The van der Waals surface area contributed by atoms with E-state index >= 15 is 0 Å². The van der Waals surface area contributed by atoms with E-state index in [4.69, 9.17) is 4.74 Å². The monoisotopic (exact) mass is 494 g/mol. The Morgan fingerprint density at radius 2 is 1.76 bits per heavy atom. The van der Waals surface area contributed by atoms with E-state index in [1.54, 1.807) is 55.7 Å². The van der Waals surface area contributed by atoms with Gasteiger partial charge < -0.3 is 9.84 Å². The standard InChI is InChI=1S/C30H23FN2O4/c1-19-16-21(9-14-25(19)31)28(34)26-27(22-8-5-15-32-17-22)33(30(36)29(26)35)23-10-12-24(13-11-23)37-18-20-6-3-2-4-7-20/h2-17,27,34H,18H2,1H3/b28-26-. The van der Waals surface area contributed by atoms with Gasteiger partial charge in [-0.3, -0.25) is 19.5 Å². The van der Waals surface area contributed by atoms with Crippen molar-refractivity contribution in [3.05, 3.63) is 131 Å². The highest BCUT2D eigenvalue weighted by molar-refractivity contribution is 6.51. The van der Waals surface area contributed by atoms with Crippen LogP contribution in [-0.2, 0) is 16.2 Å². The lowest BCUT2D eigenvalue weighted by atomic mass is 9.95. The molecule has 1 aromatic heterocycles. The zero-order chi connectivity index (χ0) is 25.9. The Hall–Kier alpha value is -4.78. The molecule has 6 nitrogen and oxygen atoms in total. The van der Waals surface area contributed by atoms with Gasteiger partial charge in [-0.1, -0.05) is 36.4 Å². The molecule has 1 atom stereocenters. The summed E-state index contributed by atoms with van der Waals surface area (Å²) in [6.07, 6.45) is 3.13. The summed E-state index contributed by atoms with van der Waals surface area (Å²) in [6.45, 7) is 1.95. The second-order valence-corrected chi connectivity index (χ2v) is 8.69. The number of pyridine rings is 1. The molecule has 1 fully saturated rings. The van der Waals surface area contributed by atoms with Crippen molar-refractivity contribution in [2.75, 3.05) is 4.90 Å². The van der Waals surface area contributed by atoms with Crippen LogP contribution in [0.1, 0.15) is 28.3 Å². The van der Waals surface area contributed by atoms with Gasteiger partial charge in [0.25, 0.3) is 11.7 Å². The predicted molar refractivity (Wildman–Crippen MR) is 137 cm³/mol. The third kappa shape index (κ3) is 4.71. The SMILES string of the molecule is Cc1cc(/C(O)=C2/C(=O)C(=O)N(c3ccc(OCc4ccccc4)cc3)C2c2cccnc2)ccc1F. The molecule has 1 aliphatic heterocycles. The fraction of sp³-hybridized carbons (Fsp3) is 0.100. The molecule has 3 aromatic carbocycles. The quantitative estimate of drug-likeness (QED) is 0.210. The summed E-state index contributed by atoms with van der Waals surface area (Å²) >= 11 is 0. The molecule has 1 unspecified atom stereocenters. The van der Waals surface area contributed by atoms with Crippen LogP contribution in [0.2, 0.25) is 0 Å². The summed E-state index contributed by atoms with van der Waals surface area (Å²) in [4.78, 5) is 32.0. The number of benzene rings is 3. The van der Waals surface area contributed by atoms with E-state index in [1.807, 2.05) is 30.3 Å². The largest absolute Gasteiger partial charge is 0.507 e. The van der Waals surface area contributed by atoms with Crippen molar-refractivity contribution < 1.29 is 23.8 Å². The lowest BCUT2D eigenvalue weighted by Crippen LogP contribution is -2.29. The molecule has 1 amide bonds. The molecule has 37 heavy (non-hydrogen) atoms. The summed E-state index contributed by atoms with van der Waals surface area (Å²) in [5.74, 6) is -1.83. The van der Waals surface area contributed by atoms with Crippen LogP contribution < -0.4 is 9.64 Å². The number of anilines is 1. The minimum absolute atomic E-state index is 0.0894. The van der Waals surface area contributed by atoms with Crippen LogP contribution in [0.15, 0.2) is 103 Å². The zero-order valence-electron chi connectivity index (χ0n) is 20.0. The van der Waals surface area contributed by atoms with Crippen molar-refractivity contribution in [1.82, 2.24) is 4.98 Å². The number of aliphatic hydroxyl groups is 1. The molecule has 0 radical (unpaired) electrons. The van der Waals surface area contributed by atoms with Gasteiger partial charge in [-0.15, -0.1) is 0 Å². The number of nitrogens with zero attached hydrogens (tertiary/aromatic N) is 2. The van der Waals surface area contributed by atoms with Gasteiger partial charge in [0.05, 0.1) is 11.6 Å². The third-order valence-corrected chi connectivity index (χ3v) is 6.24. The number of amides is 1. The zero-order valence-corrected chi connectivity index (χ0v) is 20.0. The van der Waals surface area contributed by atoms with E-state index < -0.39 is 23.5 Å². The van der Waals surface area contributed by atoms with Crippen LogP contribution in [0.4, 0.5) is 10.1 Å². The molecule has 2 heterocycles. The highest BCUT2D eigenvalue weighted by atomic mass is 19.1. The minimum Gasteiger partial charge on any atom is -0.507 e. The van der Waals surface area contributed by atoms with Crippen LogP contribution in [0.3, 0.4) is 0 Å². The molecule has 1 saturated heterocycles. The predicted octanol–water partition coefficient (Wildman–Crippen LogP) is 5.73. The number of hydrogen-bond acceptors (Lipinski definition) is 5. The van der Waals surface area contributed by atoms with Crippen molar-refractivity contribution in [3.8, 4) is 5.75 Å². The molecule has 1 aliphatic rings. The molecule has 1 N–H and O–H groups in total. The van der Waals surface area contributed by atoms with E-state index in [0.717, 1.165) is 5.56 Å². The molecule has 0 aliphatic carbocycles. The molecule has 7 heteroatoms. The molecule has 0 spiro atoms. The van der Waals surface area contributed by atoms with Crippen LogP contribution in [0.25, 0.3) is 5.76 Å². The first kappa shape index (κ1) is 23.9. The maximum absolute atomic E-state index is 13.8. The van der Waals surface area contributed by atoms with Gasteiger partial charge in [0.15, 0.2) is 0 Å². The average Bonchev–Trinajstić information content (AvgIpc) is 3.20. The van der Waals surface area contributed by atoms with Crippen LogP contribution in [-0.4, -0.2) is 21.8 Å². The number of carbonyl (C=O) groups is 2. The molecule has 0 bridgehead atoms. The number of aliphatic hydroxyl groups excluding tert-OH is 1. The van der Waals surface area contributed by atoms with E-state index in [0.29, 0.717) is 29.2 Å². The number of carbonyl (C=O) groups excluding carboxylic acids is 2. The Morgan fingerprint density at radius 3 is 2.43 bits per heavy atom. The number of ketones is 1. The van der Waals surface area contributed by atoms with Gasteiger partial charge in [0.1, 0.15) is 23.9 Å². The first-order chi connectivity index (χ1) is 17.9. The van der Waals surface area contributed by atoms with Gasteiger partial charge in [-0.05, 0) is 72.1 Å². The maximum Gasteiger partial charge on any atom is 0.300 e. The number of hydrogen-bond donors (Lipinski definition) is 1. The first-order valence-electron chi connectivity index (χ1n) is 11.7. The lowest BCUT2D eigenvalue weighted by molar-refractivity contribution is -0.132. The Bertz CT molecular complexity index is 1490. The molecule has 184 valence electrons. The summed E-state index contributed by atoms with van der Waals surface area (Å²) in [7, 11) is 0. The first-order valence-corrected chi connectivity index (χ1v) is 11.7. The second kappa shape index (κ2) is 10.1. The van der Waals surface area contributed by atoms with Crippen LogP contribution in [0, 0.1) is 12.7 Å². The molecule has 4 aromatic rings. The van der Waals surface area contributed by atoms with Crippen molar-refractivity contribution >= 4 is 23.1 Å². The van der Waals surface area contributed by atoms with Crippen molar-refractivity contribution in [2.45, 2.75) is 19.6 Å². The summed E-state index contributed by atoms with van der Waals surface area (Å²) in [5.41, 5.74) is 2.49. The average molecular weight is 495 g/mol. The lowest BCUT2D eigenvalue weighted by Gasteiger charge is -2.25. The Labute approximate surface area is 213 Å². The van der Waals surface area contributed by atoms with E-state index in [-0.39, 0.29) is 16.9 Å². The minimum atomic E-state index is -0.921. The molecular weight excluding hydrogens is 471 g/mol. The summed E-state index contributed by atoms with van der Waals surface area (Å²) in [6, 6.07) is 23.1. The van der Waals surface area contributed by atoms with Gasteiger partial charge in [0.2, 0.25) is 0 Å². The van der Waals surface area contributed by atoms with E-state index in [9.17, 15) is 19.1 Å². The highest BCUT2D eigenvalue weighted by Gasteiger charge is 2.47. The molecule has 0 saturated carbocycles.